The van der Waals surface area contributed by atoms with E-state index < -0.39 is 0 Å². The molecule has 0 aliphatic carbocycles. The first-order valence-corrected chi connectivity index (χ1v) is 7.37. The summed E-state index contributed by atoms with van der Waals surface area (Å²) in [6.45, 7) is 26.9. The smallest absolute Gasteiger partial charge is 0.159 e. The van der Waals surface area contributed by atoms with Gasteiger partial charge in [-0.1, -0.05) is 88.4 Å². The number of carbonyl (C=O) groups is 1. The highest BCUT2D eigenvalue weighted by Gasteiger charge is 1.97. The molecule has 0 rings (SSSR count). The highest BCUT2D eigenvalue weighted by Crippen LogP contribution is 2.15. The molecule has 1 heteroatoms. The SMILES string of the molecule is C=C(/C=C\C(=C)C(=C)/C=C\C(=C)C(=C)/C=C\C(=C)C(C)=O)CC. The van der Waals surface area contributed by atoms with Gasteiger partial charge in [0.25, 0.3) is 0 Å². The Balaban J connectivity index is 4.71. The van der Waals surface area contributed by atoms with Crippen LogP contribution in [0, 0.1) is 0 Å². The van der Waals surface area contributed by atoms with Gasteiger partial charge < -0.3 is 0 Å². The predicted octanol–water partition coefficient (Wildman–Crippen LogP) is 5.99. The topological polar surface area (TPSA) is 17.1 Å². The molecule has 0 bridgehead atoms. The Labute approximate surface area is 140 Å². The minimum atomic E-state index is -0.0691. The van der Waals surface area contributed by atoms with Gasteiger partial charge in [-0.3, -0.25) is 4.79 Å². The summed E-state index contributed by atoms with van der Waals surface area (Å²) in [5, 5.41) is 0. The third kappa shape index (κ3) is 8.37. The molecule has 0 saturated heterocycles. The van der Waals surface area contributed by atoms with Gasteiger partial charge in [0.2, 0.25) is 0 Å². The fourth-order valence-corrected chi connectivity index (χ4v) is 1.28. The Morgan fingerprint density at radius 1 is 0.652 bits per heavy atom. The van der Waals surface area contributed by atoms with E-state index >= 15 is 0 Å². The first-order chi connectivity index (χ1) is 10.7. The number of rotatable bonds is 10. The molecule has 0 aliphatic rings. The average Bonchev–Trinajstić information content (AvgIpc) is 2.53. The summed E-state index contributed by atoms with van der Waals surface area (Å²) in [4.78, 5) is 11.1. The molecular weight excluding hydrogens is 280 g/mol. The van der Waals surface area contributed by atoms with E-state index in [9.17, 15) is 4.79 Å². The van der Waals surface area contributed by atoms with Gasteiger partial charge in [-0.25, -0.2) is 0 Å². The van der Waals surface area contributed by atoms with E-state index in [-0.39, 0.29) is 5.78 Å². The maximum absolute atomic E-state index is 11.1. The zero-order valence-corrected chi connectivity index (χ0v) is 14.3. The van der Waals surface area contributed by atoms with Crippen LogP contribution in [0.15, 0.2) is 109 Å². The van der Waals surface area contributed by atoms with E-state index in [4.69, 9.17) is 0 Å². The molecule has 0 saturated carbocycles. The lowest BCUT2D eigenvalue weighted by Gasteiger charge is -2.02. The maximum atomic E-state index is 11.1. The number of ketones is 1. The van der Waals surface area contributed by atoms with Crippen molar-refractivity contribution < 1.29 is 4.79 Å². The summed E-state index contributed by atoms with van der Waals surface area (Å²) in [6, 6.07) is 0. The second kappa shape index (κ2) is 10.1. The van der Waals surface area contributed by atoms with Crippen molar-refractivity contribution in [1.82, 2.24) is 0 Å². The summed E-state index contributed by atoms with van der Waals surface area (Å²) >= 11 is 0. The zero-order chi connectivity index (χ0) is 18.0. The quantitative estimate of drug-likeness (QED) is 0.358. The van der Waals surface area contributed by atoms with Gasteiger partial charge in [0, 0.05) is 5.57 Å². The number of Topliss-reactive ketones (excluding diaryl/α,β-unsaturated/α-hetero) is 1. The Bertz CT molecular complexity index is 645. The fraction of sp³-hybridized carbons (Fsp3) is 0.136. The van der Waals surface area contributed by atoms with Crippen LogP contribution < -0.4 is 0 Å². The molecule has 0 aliphatic heterocycles. The number of allylic oxidation sites excluding steroid dienone is 12. The normalized spacial score (nSPS) is 11.0. The Hall–Kier alpha value is -2.67. The molecule has 0 aromatic rings. The Morgan fingerprint density at radius 2 is 0.957 bits per heavy atom. The third-order valence-corrected chi connectivity index (χ3v) is 3.22. The van der Waals surface area contributed by atoms with Crippen LogP contribution in [0.1, 0.15) is 20.3 Å². The van der Waals surface area contributed by atoms with Crippen LogP contribution in [0.25, 0.3) is 0 Å². The van der Waals surface area contributed by atoms with E-state index in [1.54, 1.807) is 12.2 Å². The summed E-state index contributed by atoms with van der Waals surface area (Å²) in [5.41, 5.74) is 4.51. The second-order valence-corrected chi connectivity index (χ2v) is 5.19. The summed E-state index contributed by atoms with van der Waals surface area (Å²) in [7, 11) is 0. The van der Waals surface area contributed by atoms with Gasteiger partial charge in [-0.05, 0) is 35.6 Å². The number of hydrogen-bond donors (Lipinski definition) is 0. The van der Waals surface area contributed by atoms with E-state index in [1.165, 1.54) is 6.92 Å². The lowest BCUT2D eigenvalue weighted by atomic mass is 10.0. The van der Waals surface area contributed by atoms with Crippen molar-refractivity contribution in [1.29, 1.82) is 0 Å². The van der Waals surface area contributed by atoms with E-state index in [1.807, 2.05) is 31.2 Å². The van der Waals surface area contributed by atoms with E-state index in [0.29, 0.717) is 11.1 Å². The fourth-order valence-electron chi connectivity index (χ4n) is 1.28. The van der Waals surface area contributed by atoms with Crippen LogP contribution in [-0.4, -0.2) is 5.78 Å². The van der Waals surface area contributed by atoms with Gasteiger partial charge in [-0.2, -0.15) is 0 Å². The minimum absolute atomic E-state index is 0.0691. The standard InChI is InChI=1S/C22H26O/c1-9-16(2)10-11-17(3)18(4)12-13-19(5)20(6)14-15-21(7)22(8)23/h10-15H,2-7,9H2,1,8H3/b11-10-,13-12-,15-14-. The summed E-state index contributed by atoms with van der Waals surface area (Å²) < 4.78 is 0. The van der Waals surface area contributed by atoms with Gasteiger partial charge in [-0.15, -0.1) is 0 Å². The molecule has 0 aromatic heterocycles. The van der Waals surface area contributed by atoms with Crippen LogP contribution in [0.3, 0.4) is 0 Å². The molecule has 0 unspecified atom stereocenters. The number of hydrogen-bond acceptors (Lipinski definition) is 1. The largest absolute Gasteiger partial charge is 0.295 e. The average molecular weight is 306 g/mol. The predicted molar refractivity (Wildman–Crippen MR) is 103 cm³/mol. The molecule has 0 aromatic carbocycles. The third-order valence-electron chi connectivity index (χ3n) is 3.22. The molecular formula is C22H26O. The first-order valence-electron chi connectivity index (χ1n) is 7.37. The highest BCUT2D eigenvalue weighted by atomic mass is 16.1. The molecule has 0 spiro atoms. The molecule has 0 N–H and O–H groups in total. The molecule has 0 radical (unpaired) electrons. The molecule has 0 fully saturated rings. The van der Waals surface area contributed by atoms with E-state index in [2.05, 4.69) is 39.5 Å². The molecule has 0 atom stereocenters. The second-order valence-electron chi connectivity index (χ2n) is 5.19. The van der Waals surface area contributed by atoms with Crippen LogP contribution in [0.5, 0.6) is 0 Å². The van der Waals surface area contributed by atoms with Crippen molar-refractivity contribution in [3.8, 4) is 0 Å². The molecule has 120 valence electrons. The van der Waals surface area contributed by atoms with Gasteiger partial charge in [0.15, 0.2) is 5.78 Å². The first kappa shape index (κ1) is 20.3. The lowest BCUT2D eigenvalue weighted by Crippen LogP contribution is -1.90. The van der Waals surface area contributed by atoms with E-state index in [0.717, 1.165) is 28.7 Å². The Morgan fingerprint density at radius 3 is 1.26 bits per heavy atom. The van der Waals surface area contributed by atoms with Crippen molar-refractivity contribution in [2.24, 2.45) is 0 Å². The van der Waals surface area contributed by atoms with Gasteiger partial charge >= 0.3 is 0 Å². The van der Waals surface area contributed by atoms with Crippen LogP contribution >= 0.6 is 0 Å². The molecule has 0 heterocycles. The van der Waals surface area contributed by atoms with Crippen molar-refractivity contribution >= 4 is 5.78 Å². The highest BCUT2D eigenvalue weighted by molar-refractivity contribution is 5.95. The molecule has 0 amide bonds. The number of carbonyl (C=O) groups excluding carboxylic acids is 1. The monoisotopic (exact) mass is 306 g/mol. The summed E-state index contributed by atoms with van der Waals surface area (Å²) in [5.74, 6) is -0.0691. The van der Waals surface area contributed by atoms with Crippen molar-refractivity contribution in [2.45, 2.75) is 20.3 Å². The maximum Gasteiger partial charge on any atom is 0.159 e. The molecule has 1 nitrogen and oxygen atoms in total. The molecule has 23 heavy (non-hydrogen) atoms. The van der Waals surface area contributed by atoms with Crippen LogP contribution in [0.2, 0.25) is 0 Å². The lowest BCUT2D eigenvalue weighted by molar-refractivity contribution is -0.113. The van der Waals surface area contributed by atoms with Crippen LogP contribution in [0.4, 0.5) is 0 Å². The van der Waals surface area contributed by atoms with Crippen molar-refractivity contribution in [3.05, 3.63) is 109 Å². The van der Waals surface area contributed by atoms with Gasteiger partial charge in [0.05, 0.1) is 0 Å². The Kier molecular flexibility index (Phi) is 8.95. The van der Waals surface area contributed by atoms with Crippen molar-refractivity contribution in [2.75, 3.05) is 0 Å². The minimum Gasteiger partial charge on any atom is -0.295 e. The van der Waals surface area contributed by atoms with Crippen molar-refractivity contribution in [3.63, 3.8) is 0 Å². The zero-order valence-electron chi connectivity index (χ0n) is 14.3. The summed E-state index contributed by atoms with van der Waals surface area (Å²) in [6.07, 6.45) is 11.7. The van der Waals surface area contributed by atoms with Gasteiger partial charge in [0.1, 0.15) is 0 Å². The van der Waals surface area contributed by atoms with Crippen LogP contribution in [-0.2, 0) is 4.79 Å².